The molecule has 0 fully saturated rings. The van der Waals surface area contributed by atoms with Crippen LogP contribution in [0.3, 0.4) is 0 Å². The molecule has 0 aromatic heterocycles. The molecule has 1 nitrogen and oxygen atoms in total. The average molecular weight is 411 g/mol. The van der Waals surface area contributed by atoms with Crippen molar-refractivity contribution in [3.63, 3.8) is 0 Å². The fraction of sp³-hybridized carbons (Fsp3) is 0.652. The summed E-state index contributed by atoms with van der Waals surface area (Å²) in [6.45, 7) is 18.1. The van der Waals surface area contributed by atoms with Gasteiger partial charge in [0.15, 0.2) is 0 Å². The molecule has 1 aliphatic carbocycles. The minimum atomic E-state index is -1.20. The number of rotatable bonds is 8. The maximum Gasteiger partial charge on any atom is 0.0425 e. The molecule has 0 aromatic rings. The predicted octanol–water partition coefficient (Wildman–Crippen LogP) is 8.14. The minimum absolute atomic E-state index is 0. The largest absolute Gasteiger partial charge is 0.272 e. The Bertz CT molecular complexity index is 479. The van der Waals surface area contributed by atoms with Crippen LogP contribution in [-0.2, 0) is 21.7 Å². The molecule has 0 atom stereocenters. The topological polar surface area (TPSA) is 12.4 Å². The van der Waals surface area contributed by atoms with E-state index in [9.17, 15) is 0 Å². The first-order chi connectivity index (χ1) is 11.7. The van der Waals surface area contributed by atoms with E-state index >= 15 is 0 Å². The summed E-state index contributed by atoms with van der Waals surface area (Å²) in [6, 6.07) is 0. The number of allylic oxidation sites excluding steroid dienone is 7. The zero-order valence-corrected chi connectivity index (χ0v) is 21.0. The third-order valence-electron chi connectivity index (χ3n) is 3.70. The van der Waals surface area contributed by atoms with Gasteiger partial charge in [-0.3, -0.25) is 4.74 Å². The van der Waals surface area contributed by atoms with Crippen molar-refractivity contribution in [1.29, 1.82) is 0 Å². The third-order valence-corrected chi connectivity index (χ3v) is 8.61. The Kier molecular flexibility index (Phi) is 17.2. The Morgan fingerprint density at radius 1 is 0.885 bits per heavy atom. The monoisotopic (exact) mass is 411 g/mol. The first-order valence-corrected chi connectivity index (χ1v) is 12.2. The van der Waals surface area contributed by atoms with Crippen LogP contribution in [0, 0.1) is 17.8 Å². The van der Waals surface area contributed by atoms with E-state index in [-0.39, 0.29) is 21.7 Å². The molecule has 1 rings (SSSR count). The van der Waals surface area contributed by atoms with Crippen LogP contribution in [0.4, 0.5) is 0 Å². The zero-order chi connectivity index (χ0) is 19.3. The summed E-state index contributed by atoms with van der Waals surface area (Å²) in [5, 5.41) is 0. The maximum atomic E-state index is 5.34. The SMILES string of the molecule is CC(C)CP(CC(C)C)(CC(C)C)=NC1=CC=CC1.CC=CC=CC.[Ti]. The average Bonchev–Trinajstić information content (AvgIpc) is 2.95. The van der Waals surface area contributed by atoms with Gasteiger partial charge in [-0.05, 0) is 63.2 Å². The molecule has 0 saturated carbocycles. The first kappa shape index (κ1) is 28.1. The van der Waals surface area contributed by atoms with Crippen LogP contribution >= 0.6 is 7.05 Å². The second kappa shape index (κ2) is 15.9. The summed E-state index contributed by atoms with van der Waals surface area (Å²) >= 11 is 0. The van der Waals surface area contributed by atoms with Gasteiger partial charge in [-0.2, -0.15) is 0 Å². The molecule has 0 spiro atoms. The molecule has 26 heavy (non-hydrogen) atoms. The number of hydrogen-bond donors (Lipinski definition) is 0. The Morgan fingerprint density at radius 2 is 1.31 bits per heavy atom. The summed E-state index contributed by atoms with van der Waals surface area (Å²) in [4.78, 5) is 0. The van der Waals surface area contributed by atoms with Crippen molar-refractivity contribution >= 4 is 7.05 Å². The van der Waals surface area contributed by atoms with Crippen molar-refractivity contribution in [2.75, 3.05) is 18.5 Å². The van der Waals surface area contributed by atoms with Gasteiger partial charge in [-0.15, -0.1) is 0 Å². The van der Waals surface area contributed by atoms with Crippen molar-refractivity contribution in [3.8, 4) is 0 Å². The van der Waals surface area contributed by atoms with Crippen molar-refractivity contribution in [1.82, 2.24) is 0 Å². The van der Waals surface area contributed by atoms with Crippen LogP contribution in [0.1, 0.15) is 61.8 Å². The van der Waals surface area contributed by atoms with Crippen molar-refractivity contribution in [2.45, 2.75) is 61.8 Å². The molecule has 0 saturated heterocycles. The fourth-order valence-electron chi connectivity index (χ4n) is 3.39. The van der Waals surface area contributed by atoms with Gasteiger partial charge < -0.3 is 0 Å². The second-order valence-electron chi connectivity index (χ2n) is 8.27. The van der Waals surface area contributed by atoms with Gasteiger partial charge in [0.2, 0.25) is 0 Å². The maximum absolute atomic E-state index is 5.34. The summed E-state index contributed by atoms with van der Waals surface area (Å²) in [5.41, 5.74) is 1.33. The third kappa shape index (κ3) is 14.0. The van der Waals surface area contributed by atoms with E-state index in [4.69, 9.17) is 4.74 Å². The Hall–Kier alpha value is -0.0957. The van der Waals surface area contributed by atoms with E-state index in [2.05, 4.69) is 59.8 Å². The van der Waals surface area contributed by atoms with Crippen LogP contribution in [0.5, 0.6) is 0 Å². The van der Waals surface area contributed by atoms with Crippen LogP contribution in [0.15, 0.2) is 53.0 Å². The molecule has 0 bridgehead atoms. The fourth-order valence-corrected chi connectivity index (χ4v) is 8.85. The van der Waals surface area contributed by atoms with Gasteiger partial charge in [-0.1, -0.05) is 78.0 Å². The summed E-state index contributed by atoms with van der Waals surface area (Å²) in [6.07, 6.45) is 19.6. The zero-order valence-electron chi connectivity index (χ0n) is 18.5. The van der Waals surface area contributed by atoms with Crippen molar-refractivity contribution in [3.05, 3.63) is 48.2 Å². The van der Waals surface area contributed by atoms with Gasteiger partial charge in [0, 0.05) is 33.8 Å². The van der Waals surface area contributed by atoms with Crippen LogP contribution in [-0.4, -0.2) is 18.5 Å². The van der Waals surface area contributed by atoms with Gasteiger partial charge in [0.05, 0.1) is 0 Å². The molecule has 0 aliphatic heterocycles. The molecule has 1 aliphatic rings. The normalized spacial score (nSPS) is 14.2. The van der Waals surface area contributed by atoms with E-state index in [0.717, 1.165) is 24.2 Å². The molecule has 0 unspecified atom stereocenters. The standard InChI is InChI=1S/C17H32NP.C6H10.Ti/c1-14(2)11-19(12-15(3)4,13-16(5)6)18-17-9-7-8-10-17;1-3-5-6-4-2;/h7-9,14-16H,10-13H2,1-6H3;3-6H,1-2H3;. The molecule has 0 N–H and O–H groups in total. The van der Waals surface area contributed by atoms with E-state index in [1.165, 1.54) is 24.2 Å². The van der Waals surface area contributed by atoms with Crippen LogP contribution in [0.25, 0.3) is 0 Å². The second-order valence-corrected chi connectivity index (χ2v) is 11.8. The summed E-state index contributed by atoms with van der Waals surface area (Å²) < 4.78 is 5.34. The molecular weight excluding hydrogens is 369 g/mol. The van der Waals surface area contributed by atoms with Gasteiger partial charge >= 0.3 is 0 Å². The van der Waals surface area contributed by atoms with Gasteiger partial charge in [-0.25, -0.2) is 0 Å². The smallest absolute Gasteiger partial charge is 0.0425 e. The molecule has 3 heteroatoms. The first-order valence-electron chi connectivity index (χ1n) is 9.93. The number of hydrogen-bond acceptors (Lipinski definition) is 1. The molecule has 148 valence electrons. The minimum Gasteiger partial charge on any atom is -0.272 e. The predicted molar refractivity (Wildman–Crippen MR) is 120 cm³/mol. The van der Waals surface area contributed by atoms with Crippen molar-refractivity contribution in [2.24, 2.45) is 22.5 Å². The molecule has 0 radical (unpaired) electrons. The van der Waals surface area contributed by atoms with Crippen LogP contribution in [0.2, 0.25) is 0 Å². The van der Waals surface area contributed by atoms with E-state index < -0.39 is 7.05 Å². The van der Waals surface area contributed by atoms with Crippen molar-refractivity contribution < 1.29 is 21.7 Å². The van der Waals surface area contributed by atoms with E-state index in [1.54, 1.807) is 0 Å². The quantitative estimate of drug-likeness (QED) is 0.217. The molecule has 0 heterocycles. The van der Waals surface area contributed by atoms with Gasteiger partial charge in [0.25, 0.3) is 0 Å². The number of nitrogens with zero attached hydrogens (tertiary/aromatic N) is 1. The van der Waals surface area contributed by atoms with Crippen LogP contribution < -0.4 is 0 Å². The Morgan fingerprint density at radius 3 is 1.58 bits per heavy atom. The molecule has 0 aromatic carbocycles. The Labute approximate surface area is 179 Å². The van der Waals surface area contributed by atoms with E-state index in [1.807, 2.05) is 38.2 Å². The van der Waals surface area contributed by atoms with Gasteiger partial charge in [0.1, 0.15) is 0 Å². The molecular formula is C23H42NPTi. The summed E-state index contributed by atoms with van der Waals surface area (Å²) in [5.74, 6) is 2.26. The molecule has 0 amide bonds. The summed E-state index contributed by atoms with van der Waals surface area (Å²) in [7, 11) is -1.20. The van der Waals surface area contributed by atoms with E-state index in [0.29, 0.717) is 0 Å². The Balaban J connectivity index is 0.